The summed E-state index contributed by atoms with van der Waals surface area (Å²) in [5.74, 6) is 3.04. The van der Waals surface area contributed by atoms with E-state index in [1.807, 2.05) is 65.5 Å². The van der Waals surface area contributed by atoms with Gasteiger partial charge in [0.15, 0.2) is 0 Å². The van der Waals surface area contributed by atoms with Crippen LogP contribution in [0, 0.1) is 5.92 Å². The summed E-state index contributed by atoms with van der Waals surface area (Å²) in [6, 6.07) is 17.5. The van der Waals surface area contributed by atoms with E-state index in [2.05, 4.69) is 5.10 Å². The van der Waals surface area contributed by atoms with Crippen molar-refractivity contribution in [3.63, 3.8) is 0 Å². The third-order valence-corrected chi connectivity index (χ3v) is 4.49. The Balaban J connectivity index is 1.32. The smallest absolute Gasteiger partial charge is 0.127 e. The average molecular weight is 350 g/mol. The number of hydrogen-bond donors (Lipinski definition) is 0. The minimum atomic E-state index is 0.591. The molecule has 3 aromatic rings. The molecule has 0 atom stereocenters. The molecule has 0 unspecified atom stereocenters. The zero-order chi connectivity index (χ0) is 17.6. The van der Waals surface area contributed by atoms with Gasteiger partial charge in [0.2, 0.25) is 0 Å². The van der Waals surface area contributed by atoms with Gasteiger partial charge in [-0.1, -0.05) is 0 Å². The van der Waals surface area contributed by atoms with Gasteiger partial charge < -0.3 is 14.2 Å². The molecule has 1 aromatic heterocycles. The number of rotatable bonds is 6. The van der Waals surface area contributed by atoms with Crippen LogP contribution in [0.3, 0.4) is 0 Å². The molecular weight excluding hydrogens is 328 g/mol. The highest BCUT2D eigenvalue weighted by Crippen LogP contribution is 2.25. The Bertz CT molecular complexity index is 792. The Labute approximate surface area is 153 Å². The first-order chi connectivity index (χ1) is 12.9. The first-order valence-corrected chi connectivity index (χ1v) is 8.95. The molecule has 1 aliphatic rings. The Hall–Kier alpha value is -2.79. The molecule has 0 amide bonds. The Morgan fingerprint density at radius 3 is 2.23 bits per heavy atom. The number of nitrogens with zero attached hydrogens (tertiary/aromatic N) is 2. The summed E-state index contributed by atoms with van der Waals surface area (Å²) >= 11 is 0. The molecule has 26 heavy (non-hydrogen) atoms. The van der Waals surface area contributed by atoms with E-state index in [0.29, 0.717) is 5.92 Å². The van der Waals surface area contributed by atoms with Crippen molar-refractivity contribution in [3.8, 4) is 22.9 Å². The summed E-state index contributed by atoms with van der Waals surface area (Å²) in [6.07, 6.45) is 5.83. The minimum absolute atomic E-state index is 0.591. The van der Waals surface area contributed by atoms with E-state index in [0.717, 1.165) is 55.6 Å². The van der Waals surface area contributed by atoms with Crippen LogP contribution in [-0.4, -0.2) is 29.6 Å². The highest BCUT2D eigenvalue weighted by molar-refractivity contribution is 5.40. The molecule has 1 aliphatic heterocycles. The second-order valence-electron chi connectivity index (χ2n) is 6.38. The van der Waals surface area contributed by atoms with Crippen LogP contribution in [0.2, 0.25) is 0 Å². The Kier molecular flexibility index (Phi) is 5.17. The maximum atomic E-state index is 5.90. The first-order valence-electron chi connectivity index (χ1n) is 8.95. The van der Waals surface area contributed by atoms with Crippen LogP contribution in [0.1, 0.15) is 12.8 Å². The maximum absolute atomic E-state index is 5.90. The number of ether oxygens (including phenoxy) is 3. The topological polar surface area (TPSA) is 45.5 Å². The number of aromatic nitrogens is 2. The van der Waals surface area contributed by atoms with Crippen LogP contribution in [-0.2, 0) is 4.74 Å². The summed E-state index contributed by atoms with van der Waals surface area (Å²) in [6.45, 7) is 2.44. The molecule has 0 saturated carbocycles. The lowest BCUT2D eigenvalue weighted by Gasteiger charge is -2.22. The molecule has 0 bridgehead atoms. The van der Waals surface area contributed by atoms with Crippen LogP contribution in [0.15, 0.2) is 67.0 Å². The van der Waals surface area contributed by atoms with Gasteiger partial charge in [-0.2, -0.15) is 5.10 Å². The summed E-state index contributed by atoms with van der Waals surface area (Å²) in [7, 11) is 0. The predicted octanol–water partition coefficient (Wildman–Crippen LogP) is 4.47. The summed E-state index contributed by atoms with van der Waals surface area (Å²) in [5.41, 5.74) is 0.999. The van der Waals surface area contributed by atoms with E-state index in [9.17, 15) is 0 Å². The summed E-state index contributed by atoms with van der Waals surface area (Å²) in [5, 5.41) is 4.22. The molecular formula is C21H22N2O3. The predicted molar refractivity (Wildman–Crippen MR) is 99.1 cm³/mol. The quantitative estimate of drug-likeness (QED) is 0.658. The Morgan fingerprint density at radius 2 is 1.58 bits per heavy atom. The molecule has 4 rings (SSSR count). The van der Waals surface area contributed by atoms with Crippen LogP contribution in [0.5, 0.6) is 17.2 Å². The fourth-order valence-electron chi connectivity index (χ4n) is 2.96. The maximum Gasteiger partial charge on any atom is 0.127 e. The van der Waals surface area contributed by atoms with Crippen molar-refractivity contribution in [1.82, 2.24) is 9.78 Å². The molecule has 1 saturated heterocycles. The zero-order valence-electron chi connectivity index (χ0n) is 14.6. The second-order valence-corrected chi connectivity index (χ2v) is 6.38. The van der Waals surface area contributed by atoms with E-state index < -0.39 is 0 Å². The van der Waals surface area contributed by atoms with Gasteiger partial charge in [-0.25, -0.2) is 4.68 Å². The molecule has 0 spiro atoms. The van der Waals surface area contributed by atoms with Gasteiger partial charge in [0, 0.05) is 25.6 Å². The molecule has 134 valence electrons. The zero-order valence-corrected chi connectivity index (χ0v) is 14.6. The first kappa shape index (κ1) is 16.7. The fraction of sp³-hybridized carbons (Fsp3) is 0.286. The van der Waals surface area contributed by atoms with Crippen LogP contribution < -0.4 is 9.47 Å². The van der Waals surface area contributed by atoms with E-state index in [1.165, 1.54) is 0 Å². The molecule has 0 aliphatic carbocycles. The molecule has 2 heterocycles. The van der Waals surface area contributed by atoms with Crippen LogP contribution >= 0.6 is 0 Å². The largest absolute Gasteiger partial charge is 0.493 e. The summed E-state index contributed by atoms with van der Waals surface area (Å²) in [4.78, 5) is 0. The standard InChI is InChI=1S/C21H22N2O3/c1-12-22-23(13-1)18-2-4-20(5-3-18)26-21-8-6-19(7-9-21)25-16-17-10-14-24-15-11-17/h1-9,12-13,17H,10-11,14-16H2. The van der Waals surface area contributed by atoms with Crippen molar-refractivity contribution in [2.24, 2.45) is 5.92 Å². The fourth-order valence-corrected chi connectivity index (χ4v) is 2.96. The highest BCUT2D eigenvalue weighted by atomic mass is 16.5. The van der Waals surface area contributed by atoms with Gasteiger partial charge in [0.1, 0.15) is 17.2 Å². The van der Waals surface area contributed by atoms with Crippen molar-refractivity contribution in [3.05, 3.63) is 67.0 Å². The molecule has 0 N–H and O–H groups in total. The van der Waals surface area contributed by atoms with Gasteiger partial charge in [-0.15, -0.1) is 0 Å². The minimum Gasteiger partial charge on any atom is -0.493 e. The van der Waals surface area contributed by atoms with Crippen molar-refractivity contribution in [1.29, 1.82) is 0 Å². The lowest BCUT2D eigenvalue weighted by atomic mass is 10.0. The van der Waals surface area contributed by atoms with Crippen LogP contribution in [0.25, 0.3) is 5.69 Å². The lowest BCUT2D eigenvalue weighted by Crippen LogP contribution is -2.21. The number of benzene rings is 2. The highest BCUT2D eigenvalue weighted by Gasteiger charge is 2.14. The van der Waals surface area contributed by atoms with E-state index in [-0.39, 0.29) is 0 Å². The molecule has 0 radical (unpaired) electrons. The van der Waals surface area contributed by atoms with E-state index in [4.69, 9.17) is 14.2 Å². The van der Waals surface area contributed by atoms with Crippen molar-refractivity contribution in [2.45, 2.75) is 12.8 Å². The number of hydrogen-bond acceptors (Lipinski definition) is 4. The van der Waals surface area contributed by atoms with E-state index in [1.54, 1.807) is 6.20 Å². The van der Waals surface area contributed by atoms with Crippen LogP contribution in [0.4, 0.5) is 0 Å². The SMILES string of the molecule is c1cnn(-c2ccc(Oc3ccc(OCC4CCOCC4)cc3)cc2)c1. The second kappa shape index (κ2) is 8.06. The Morgan fingerprint density at radius 1 is 0.923 bits per heavy atom. The van der Waals surface area contributed by atoms with Gasteiger partial charge in [0.25, 0.3) is 0 Å². The monoisotopic (exact) mass is 350 g/mol. The lowest BCUT2D eigenvalue weighted by molar-refractivity contribution is 0.0497. The molecule has 5 nitrogen and oxygen atoms in total. The van der Waals surface area contributed by atoms with Crippen molar-refractivity contribution >= 4 is 0 Å². The van der Waals surface area contributed by atoms with Gasteiger partial charge in [-0.3, -0.25) is 0 Å². The molecule has 1 fully saturated rings. The van der Waals surface area contributed by atoms with E-state index >= 15 is 0 Å². The van der Waals surface area contributed by atoms with Gasteiger partial charge in [0.05, 0.1) is 12.3 Å². The average Bonchev–Trinajstić information content (AvgIpc) is 3.24. The van der Waals surface area contributed by atoms with Gasteiger partial charge in [-0.05, 0) is 73.4 Å². The third kappa shape index (κ3) is 4.24. The summed E-state index contributed by atoms with van der Waals surface area (Å²) < 4.78 is 19.0. The van der Waals surface area contributed by atoms with Crippen molar-refractivity contribution < 1.29 is 14.2 Å². The van der Waals surface area contributed by atoms with Crippen molar-refractivity contribution in [2.75, 3.05) is 19.8 Å². The van der Waals surface area contributed by atoms with Gasteiger partial charge >= 0.3 is 0 Å². The normalized spacial score (nSPS) is 14.9. The third-order valence-electron chi connectivity index (χ3n) is 4.49. The molecule has 2 aromatic carbocycles. The molecule has 5 heteroatoms.